The van der Waals surface area contributed by atoms with Crippen molar-refractivity contribution in [2.75, 3.05) is 0 Å². The Balaban J connectivity index is 1.99. The summed E-state index contributed by atoms with van der Waals surface area (Å²) in [5.41, 5.74) is 0.558. The molecule has 0 bridgehead atoms. The van der Waals surface area contributed by atoms with Crippen molar-refractivity contribution in [2.45, 2.75) is 5.60 Å². The predicted octanol–water partition coefficient (Wildman–Crippen LogP) is 6.18. The predicted molar refractivity (Wildman–Crippen MR) is 123 cm³/mol. The van der Waals surface area contributed by atoms with Crippen LogP contribution in [0.15, 0.2) is 36.4 Å². The second kappa shape index (κ2) is 6.53. The maximum atomic E-state index is 12.8. The summed E-state index contributed by atoms with van der Waals surface area (Å²) >= 11 is 16.4. The molecule has 0 unspecified atom stereocenters. The van der Waals surface area contributed by atoms with Crippen LogP contribution in [0.5, 0.6) is 23.0 Å². The number of phenols is 2. The summed E-state index contributed by atoms with van der Waals surface area (Å²) in [4.78, 5) is 12.8. The monoisotopic (exact) mass is 652 g/mol. The molecule has 2 aliphatic rings. The molecule has 146 valence electrons. The Kier molecular flexibility index (Phi) is 4.40. The van der Waals surface area contributed by atoms with Gasteiger partial charge < -0.3 is 19.7 Å². The third kappa shape index (κ3) is 2.47. The van der Waals surface area contributed by atoms with E-state index < -0.39 is 11.6 Å². The van der Waals surface area contributed by atoms with Gasteiger partial charge in [-0.25, -0.2) is 4.79 Å². The Morgan fingerprint density at radius 2 is 1.38 bits per heavy atom. The molecule has 3 aromatic rings. The summed E-state index contributed by atoms with van der Waals surface area (Å²) in [6, 6.07) is 10.1. The van der Waals surface area contributed by atoms with Crippen LogP contribution in [0.2, 0.25) is 10.0 Å². The Morgan fingerprint density at radius 3 is 1.93 bits per heavy atom. The molecule has 2 aliphatic heterocycles. The fourth-order valence-corrected chi connectivity index (χ4v) is 5.88. The van der Waals surface area contributed by atoms with Crippen molar-refractivity contribution >= 4 is 74.4 Å². The van der Waals surface area contributed by atoms with E-state index in [9.17, 15) is 15.0 Å². The second-order valence-electron chi connectivity index (χ2n) is 6.51. The molecule has 0 saturated heterocycles. The first-order valence-corrected chi connectivity index (χ1v) is 11.1. The van der Waals surface area contributed by atoms with Crippen molar-refractivity contribution in [3.63, 3.8) is 0 Å². The van der Waals surface area contributed by atoms with E-state index in [4.69, 9.17) is 32.7 Å². The third-order valence-electron chi connectivity index (χ3n) is 5.03. The molecule has 0 atom stereocenters. The number of hydrogen-bond donors (Lipinski definition) is 2. The normalized spacial score (nSPS) is 15.4. The number of ether oxygens (including phenoxy) is 2. The number of fused-ring (bicyclic) bond motifs is 6. The maximum Gasteiger partial charge on any atom is 0.340 e. The van der Waals surface area contributed by atoms with E-state index in [1.54, 1.807) is 24.3 Å². The average Bonchev–Trinajstić information content (AvgIpc) is 3.00. The number of hydrogen-bond acceptors (Lipinski definition) is 5. The van der Waals surface area contributed by atoms with Crippen LogP contribution in [0.25, 0.3) is 0 Å². The zero-order chi connectivity index (χ0) is 20.7. The van der Waals surface area contributed by atoms with Crippen LogP contribution in [0.4, 0.5) is 0 Å². The molecule has 5 nitrogen and oxygen atoms in total. The number of carbonyl (C=O) groups is 1. The molecule has 2 N–H and O–H groups in total. The van der Waals surface area contributed by atoms with Crippen LogP contribution in [0.1, 0.15) is 27.0 Å². The summed E-state index contributed by atoms with van der Waals surface area (Å²) in [5.74, 6) is -0.197. The second-order valence-corrected chi connectivity index (χ2v) is 9.49. The first-order valence-electron chi connectivity index (χ1n) is 8.21. The molecule has 3 aromatic carbocycles. The first-order chi connectivity index (χ1) is 13.8. The summed E-state index contributed by atoms with van der Waals surface area (Å²) in [6.07, 6.45) is 0. The van der Waals surface area contributed by atoms with Gasteiger partial charge in [-0.05, 0) is 63.4 Å². The smallest absolute Gasteiger partial charge is 0.340 e. The molecule has 0 saturated carbocycles. The molecular weight excluding hydrogens is 645 g/mol. The molecule has 29 heavy (non-hydrogen) atoms. The van der Waals surface area contributed by atoms with Gasteiger partial charge in [-0.15, -0.1) is 0 Å². The van der Waals surface area contributed by atoms with Crippen molar-refractivity contribution in [1.29, 1.82) is 0 Å². The highest BCUT2D eigenvalue weighted by atomic mass is 127. The van der Waals surface area contributed by atoms with Gasteiger partial charge in [0.15, 0.2) is 28.6 Å². The van der Waals surface area contributed by atoms with Crippen LogP contribution in [0, 0.1) is 7.14 Å². The fraction of sp³-hybridized carbons (Fsp3) is 0.0500. The maximum absolute atomic E-state index is 12.8. The van der Waals surface area contributed by atoms with Gasteiger partial charge in [-0.1, -0.05) is 41.4 Å². The molecule has 1 spiro atoms. The molecule has 5 rings (SSSR count). The summed E-state index contributed by atoms with van der Waals surface area (Å²) in [6.45, 7) is 0. The lowest BCUT2D eigenvalue weighted by molar-refractivity contribution is 0.0223. The molecule has 2 heterocycles. The minimum absolute atomic E-state index is 0.0968. The minimum Gasteiger partial charge on any atom is -0.505 e. The number of aromatic hydroxyl groups is 2. The minimum atomic E-state index is -1.38. The van der Waals surface area contributed by atoms with Crippen LogP contribution in [0.3, 0.4) is 0 Å². The molecular formula is C20H8Cl2I2O5. The van der Waals surface area contributed by atoms with Gasteiger partial charge in [-0.2, -0.15) is 0 Å². The first kappa shape index (κ1) is 19.5. The molecule has 0 aliphatic carbocycles. The number of rotatable bonds is 0. The highest BCUT2D eigenvalue weighted by molar-refractivity contribution is 14.1. The van der Waals surface area contributed by atoms with E-state index in [2.05, 4.69) is 0 Å². The van der Waals surface area contributed by atoms with Crippen LogP contribution in [-0.4, -0.2) is 16.2 Å². The van der Waals surface area contributed by atoms with Crippen LogP contribution in [-0.2, 0) is 10.3 Å². The van der Waals surface area contributed by atoms with Gasteiger partial charge in [0.2, 0.25) is 0 Å². The Morgan fingerprint density at radius 1 is 0.862 bits per heavy atom. The van der Waals surface area contributed by atoms with Crippen LogP contribution >= 0.6 is 68.4 Å². The topological polar surface area (TPSA) is 76.0 Å². The zero-order valence-electron chi connectivity index (χ0n) is 14.1. The highest BCUT2D eigenvalue weighted by Crippen LogP contribution is 2.60. The van der Waals surface area contributed by atoms with Crippen molar-refractivity contribution in [3.05, 3.63) is 75.8 Å². The number of carbonyl (C=O) groups excluding carboxylic acids is 1. The fourth-order valence-electron chi connectivity index (χ4n) is 3.77. The Hall–Kier alpha value is -1.43. The molecule has 0 fully saturated rings. The molecule has 0 radical (unpaired) electrons. The van der Waals surface area contributed by atoms with E-state index in [-0.39, 0.29) is 21.5 Å². The van der Waals surface area contributed by atoms with E-state index in [0.717, 1.165) is 0 Å². The van der Waals surface area contributed by atoms with E-state index in [1.165, 1.54) is 12.1 Å². The number of halogens is 4. The quantitative estimate of drug-likeness (QED) is 0.224. The number of phenolic OH excluding ortho intramolecular Hbond substituents is 2. The summed E-state index contributed by atoms with van der Waals surface area (Å²) < 4.78 is 12.8. The average molecular weight is 653 g/mol. The zero-order valence-corrected chi connectivity index (χ0v) is 19.9. The van der Waals surface area contributed by atoms with Gasteiger partial charge >= 0.3 is 5.97 Å². The Labute approximate surface area is 201 Å². The van der Waals surface area contributed by atoms with Gasteiger partial charge in [0.1, 0.15) is 0 Å². The van der Waals surface area contributed by atoms with E-state index in [1.807, 2.05) is 45.2 Å². The van der Waals surface area contributed by atoms with Crippen molar-refractivity contribution in [2.24, 2.45) is 0 Å². The van der Waals surface area contributed by atoms with Gasteiger partial charge in [0, 0.05) is 5.56 Å². The number of esters is 1. The van der Waals surface area contributed by atoms with Crippen molar-refractivity contribution in [1.82, 2.24) is 0 Å². The van der Waals surface area contributed by atoms with Crippen molar-refractivity contribution in [3.8, 4) is 23.0 Å². The van der Waals surface area contributed by atoms with Gasteiger partial charge in [0.05, 0.1) is 33.9 Å². The summed E-state index contributed by atoms with van der Waals surface area (Å²) in [7, 11) is 0. The largest absolute Gasteiger partial charge is 0.505 e. The number of benzene rings is 3. The molecule has 0 aromatic heterocycles. The lowest BCUT2D eigenvalue weighted by Gasteiger charge is -2.37. The van der Waals surface area contributed by atoms with Gasteiger partial charge in [-0.3, -0.25) is 0 Å². The van der Waals surface area contributed by atoms with Crippen LogP contribution < -0.4 is 4.74 Å². The third-order valence-corrected chi connectivity index (χ3v) is 7.61. The molecule has 9 heteroatoms. The lowest BCUT2D eigenvalue weighted by Crippen LogP contribution is -2.33. The Bertz CT molecular complexity index is 1190. The SMILES string of the molecule is O=C1OC2(c3ccccc31)c1cc(Cl)c(O)c(I)c1Oc1c2cc(Cl)c(O)c1I. The molecule has 0 amide bonds. The van der Waals surface area contributed by atoms with Crippen molar-refractivity contribution < 1.29 is 24.5 Å². The highest BCUT2D eigenvalue weighted by Gasteiger charge is 2.55. The standard InChI is InChI=1S/C20H8Cl2I2O5/c21-11-5-9-17(13(23)15(11)25)28-18-10(6-12(22)16(26)14(18)24)20(9)8-4-2-1-3-7(8)19(27)29-20/h1-6,25-26H. The van der Waals surface area contributed by atoms with E-state index in [0.29, 0.717) is 40.9 Å². The summed E-state index contributed by atoms with van der Waals surface area (Å²) in [5, 5.41) is 20.9. The lowest BCUT2D eigenvalue weighted by atomic mass is 9.77. The van der Waals surface area contributed by atoms with E-state index >= 15 is 0 Å². The van der Waals surface area contributed by atoms with Gasteiger partial charge in [0.25, 0.3) is 0 Å².